The second kappa shape index (κ2) is 13.4. The van der Waals surface area contributed by atoms with Gasteiger partial charge in [0, 0.05) is 23.2 Å². The lowest BCUT2D eigenvalue weighted by molar-refractivity contribution is -0.274. The van der Waals surface area contributed by atoms with Crippen molar-refractivity contribution in [3.05, 3.63) is 106 Å². The summed E-state index contributed by atoms with van der Waals surface area (Å²) < 4.78 is 44.6. The summed E-state index contributed by atoms with van der Waals surface area (Å²) in [5, 5.41) is 19.0. The summed E-state index contributed by atoms with van der Waals surface area (Å²) in [6, 6.07) is 20.3. The van der Waals surface area contributed by atoms with Crippen LogP contribution in [0.1, 0.15) is 48.1 Å². The first kappa shape index (κ1) is 32.2. The number of carbonyl (C=O) groups excluding carboxylic acids is 1. The van der Waals surface area contributed by atoms with Crippen LogP contribution in [0.4, 0.5) is 18.0 Å². The van der Waals surface area contributed by atoms with Crippen LogP contribution in [0.25, 0.3) is 22.8 Å². The number of nitrogens with zero attached hydrogens (tertiary/aromatic N) is 6. The highest BCUT2D eigenvalue weighted by Crippen LogP contribution is 2.26. The van der Waals surface area contributed by atoms with E-state index in [1.807, 2.05) is 23.8 Å². The Labute approximate surface area is 267 Å². The van der Waals surface area contributed by atoms with Crippen LogP contribution >= 0.6 is 11.3 Å². The zero-order valence-electron chi connectivity index (χ0n) is 25.4. The maximum Gasteiger partial charge on any atom is 0.573 e. The molecule has 3 aromatic carbocycles. The topological polar surface area (TPSA) is 110 Å². The first-order valence-corrected chi connectivity index (χ1v) is 15.2. The third-order valence-corrected chi connectivity index (χ3v) is 8.08. The molecule has 2 amide bonds. The maximum absolute atomic E-state index is 12.9. The molecule has 5 aromatic rings. The van der Waals surface area contributed by atoms with Crippen molar-refractivity contribution >= 4 is 17.4 Å². The van der Waals surface area contributed by atoms with Gasteiger partial charge >= 0.3 is 12.4 Å². The number of amides is 2. The number of thiazole rings is 1. The van der Waals surface area contributed by atoms with Gasteiger partial charge in [-0.15, -0.1) is 29.6 Å². The Morgan fingerprint density at radius 2 is 1.80 bits per heavy atom. The molecule has 5 rings (SSSR count). The molecule has 0 aliphatic heterocycles. The predicted molar refractivity (Wildman–Crippen MR) is 168 cm³/mol. The van der Waals surface area contributed by atoms with Crippen LogP contribution < -0.4 is 14.9 Å². The molecule has 0 saturated carbocycles. The van der Waals surface area contributed by atoms with E-state index in [2.05, 4.69) is 63.2 Å². The van der Waals surface area contributed by atoms with Crippen molar-refractivity contribution in [3.63, 3.8) is 0 Å². The second-order valence-corrected chi connectivity index (χ2v) is 11.7. The molecule has 0 spiro atoms. The standard InChI is InChI=1S/C33H30F3N7O2S/c1-20(2)28-14-5-21(3)15-29(28)43-22(4)18-46-32(43)40-31(44)38-17-25(16-37)23-6-8-24(9-7-23)30-39-19-42(41-30)26-10-12-27(13-11-26)45-33(34,35)36/h5-15,18-20,25H,17H2,1-4H3,(H,38,44). The molecule has 13 heteroatoms. The number of ether oxygens (including phenoxy) is 1. The lowest BCUT2D eigenvalue weighted by Crippen LogP contribution is -2.28. The molecule has 0 bridgehead atoms. The Balaban J connectivity index is 1.26. The minimum absolute atomic E-state index is 0.0607. The highest BCUT2D eigenvalue weighted by molar-refractivity contribution is 7.07. The molecule has 236 valence electrons. The minimum atomic E-state index is -4.77. The van der Waals surface area contributed by atoms with E-state index >= 15 is 0 Å². The maximum atomic E-state index is 12.9. The first-order chi connectivity index (χ1) is 21.9. The van der Waals surface area contributed by atoms with E-state index in [4.69, 9.17) is 0 Å². The zero-order valence-corrected chi connectivity index (χ0v) is 26.2. The van der Waals surface area contributed by atoms with E-state index in [1.165, 1.54) is 46.6 Å². The fourth-order valence-electron chi connectivity index (χ4n) is 4.84. The molecule has 9 nitrogen and oxygen atoms in total. The van der Waals surface area contributed by atoms with Gasteiger partial charge in [0.15, 0.2) is 10.6 Å². The van der Waals surface area contributed by atoms with Gasteiger partial charge in [0.05, 0.1) is 23.4 Å². The van der Waals surface area contributed by atoms with E-state index in [0.717, 1.165) is 22.5 Å². The van der Waals surface area contributed by atoms with Crippen molar-refractivity contribution in [1.29, 1.82) is 5.26 Å². The second-order valence-electron chi connectivity index (χ2n) is 10.9. The SMILES string of the molecule is Cc1ccc(C(C)C)c(-n2c(C)csc2=NC(=O)NCC(C#N)c2ccc(-c3ncn(-c4ccc(OC(F)(F)F)cc4)n3)cc2)c1. The molecule has 0 aliphatic rings. The molecule has 0 saturated heterocycles. The number of urea groups is 1. The van der Waals surface area contributed by atoms with Crippen LogP contribution in [-0.2, 0) is 0 Å². The molecule has 46 heavy (non-hydrogen) atoms. The van der Waals surface area contributed by atoms with Crippen LogP contribution in [0.3, 0.4) is 0 Å². The van der Waals surface area contributed by atoms with Crippen molar-refractivity contribution < 1.29 is 22.7 Å². The van der Waals surface area contributed by atoms with Crippen molar-refractivity contribution in [1.82, 2.24) is 24.6 Å². The fraction of sp³-hybridized carbons (Fsp3) is 0.242. The molecule has 0 fully saturated rings. The van der Waals surface area contributed by atoms with Crippen molar-refractivity contribution in [2.24, 2.45) is 4.99 Å². The smallest absolute Gasteiger partial charge is 0.406 e. The largest absolute Gasteiger partial charge is 0.573 e. The van der Waals surface area contributed by atoms with Gasteiger partial charge in [0.1, 0.15) is 12.1 Å². The van der Waals surface area contributed by atoms with Gasteiger partial charge in [-0.2, -0.15) is 10.3 Å². The molecule has 2 heterocycles. The summed E-state index contributed by atoms with van der Waals surface area (Å²) >= 11 is 1.37. The molecule has 1 N–H and O–H groups in total. The van der Waals surface area contributed by atoms with E-state index < -0.39 is 18.3 Å². The number of aromatic nitrogens is 4. The number of carbonyl (C=O) groups is 1. The van der Waals surface area contributed by atoms with Crippen LogP contribution in [0.2, 0.25) is 0 Å². The average molecular weight is 646 g/mol. The van der Waals surface area contributed by atoms with Crippen LogP contribution in [0.15, 0.2) is 83.4 Å². The predicted octanol–water partition coefficient (Wildman–Crippen LogP) is 7.34. The van der Waals surface area contributed by atoms with Gasteiger partial charge in [-0.25, -0.2) is 14.5 Å². The summed E-state index contributed by atoms with van der Waals surface area (Å²) in [4.78, 5) is 22.1. The summed E-state index contributed by atoms with van der Waals surface area (Å²) in [5.74, 6) is -0.299. The highest BCUT2D eigenvalue weighted by atomic mass is 32.1. The number of rotatable bonds is 8. The van der Waals surface area contributed by atoms with Crippen LogP contribution in [-0.4, -0.2) is 38.3 Å². The quantitative estimate of drug-likeness (QED) is 0.190. The number of hydrogen-bond donors (Lipinski definition) is 1. The molecule has 0 aliphatic carbocycles. The Hall–Kier alpha value is -5.22. The number of hydrogen-bond acceptors (Lipinski definition) is 6. The number of benzene rings is 3. The fourth-order valence-corrected chi connectivity index (χ4v) is 5.70. The zero-order chi connectivity index (χ0) is 33.0. The summed E-state index contributed by atoms with van der Waals surface area (Å²) in [6.07, 6.45) is -3.33. The van der Waals surface area contributed by atoms with Gasteiger partial charge in [-0.3, -0.25) is 4.57 Å². The van der Waals surface area contributed by atoms with E-state index in [9.17, 15) is 23.2 Å². The molecule has 2 aromatic heterocycles. The molecule has 1 atom stereocenters. The summed E-state index contributed by atoms with van der Waals surface area (Å²) in [7, 11) is 0. The normalized spacial score (nSPS) is 12.6. The van der Waals surface area contributed by atoms with Crippen molar-refractivity contribution in [2.45, 2.75) is 45.9 Å². The van der Waals surface area contributed by atoms with E-state index in [1.54, 1.807) is 24.3 Å². The minimum Gasteiger partial charge on any atom is -0.406 e. The lowest BCUT2D eigenvalue weighted by atomic mass is 9.99. The molecular formula is C33H30F3N7O2S. The number of nitriles is 1. The lowest BCUT2D eigenvalue weighted by Gasteiger charge is -2.16. The van der Waals surface area contributed by atoms with Gasteiger partial charge in [-0.05, 0) is 66.8 Å². The Morgan fingerprint density at radius 3 is 2.46 bits per heavy atom. The number of nitrogens with one attached hydrogen (secondary N) is 1. The third-order valence-electron chi connectivity index (χ3n) is 7.14. The van der Waals surface area contributed by atoms with Gasteiger partial charge < -0.3 is 10.1 Å². The first-order valence-electron chi connectivity index (χ1n) is 14.3. The van der Waals surface area contributed by atoms with E-state index in [-0.39, 0.29) is 18.2 Å². The van der Waals surface area contributed by atoms with Gasteiger partial charge in [-0.1, -0.05) is 50.2 Å². The Morgan fingerprint density at radius 1 is 1.09 bits per heavy atom. The number of aryl methyl sites for hydroxylation is 2. The highest BCUT2D eigenvalue weighted by Gasteiger charge is 2.31. The van der Waals surface area contributed by atoms with Crippen LogP contribution in [0, 0.1) is 25.2 Å². The Kier molecular flexibility index (Phi) is 9.39. The van der Waals surface area contributed by atoms with E-state index in [0.29, 0.717) is 27.4 Å². The number of halogens is 3. The average Bonchev–Trinajstić information content (AvgIpc) is 3.64. The monoisotopic (exact) mass is 645 g/mol. The van der Waals surface area contributed by atoms with Crippen molar-refractivity contribution in [3.8, 4) is 34.6 Å². The molecule has 0 radical (unpaired) electrons. The van der Waals surface area contributed by atoms with Gasteiger partial charge in [0.2, 0.25) is 0 Å². The van der Waals surface area contributed by atoms with Crippen molar-refractivity contribution in [2.75, 3.05) is 6.54 Å². The van der Waals surface area contributed by atoms with Crippen LogP contribution in [0.5, 0.6) is 5.75 Å². The third kappa shape index (κ3) is 7.52. The summed E-state index contributed by atoms with van der Waals surface area (Å²) in [5.41, 5.74) is 6.07. The summed E-state index contributed by atoms with van der Waals surface area (Å²) in [6.45, 7) is 8.31. The van der Waals surface area contributed by atoms with Gasteiger partial charge in [0.25, 0.3) is 0 Å². The Bertz CT molecular complexity index is 1950. The number of alkyl halides is 3. The molecular weight excluding hydrogens is 615 g/mol. The molecule has 1 unspecified atom stereocenters.